The first-order valence-electron chi connectivity index (χ1n) is 10.0. The molecule has 6 heteroatoms. The fourth-order valence-electron chi connectivity index (χ4n) is 3.02. The number of benzene rings is 1. The van der Waals surface area contributed by atoms with Crippen LogP contribution in [0.5, 0.6) is 0 Å². The smallest absolute Gasteiger partial charge is 0.242 e. The monoisotopic (exact) mass is 430 g/mol. The first-order chi connectivity index (χ1) is 14.1. The molecule has 162 valence electrons. The Morgan fingerprint density at radius 3 is 2.27 bits per heavy atom. The summed E-state index contributed by atoms with van der Waals surface area (Å²) in [5.74, 6) is -0.517. The molecule has 0 aliphatic rings. The summed E-state index contributed by atoms with van der Waals surface area (Å²) in [5, 5.41) is 2.00. The molecule has 0 radical (unpaired) electrons. The molecule has 1 heterocycles. The minimum atomic E-state index is -0.310. The van der Waals surface area contributed by atoms with Gasteiger partial charge in [-0.15, -0.1) is 17.9 Å². The van der Waals surface area contributed by atoms with Crippen molar-refractivity contribution in [2.45, 2.75) is 47.2 Å². The van der Waals surface area contributed by atoms with Crippen molar-refractivity contribution in [3.63, 3.8) is 0 Å². The maximum Gasteiger partial charge on any atom is 0.242 e. The van der Waals surface area contributed by atoms with E-state index < -0.39 is 0 Å². The fourth-order valence-corrected chi connectivity index (χ4v) is 3.94. The molecule has 0 aliphatic heterocycles. The van der Waals surface area contributed by atoms with Crippen molar-refractivity contribution in [1.29, 1.82) is 0 Å². The lowest BCUT2D eigenvalue weighted by Gasteiger charge is -2.29. The summed E-state index contributed by atoms with van der Waals surface area (Å²) in [5.41, 5.74) is 1.81. The normalized spacial score (nSPS) is 11.2. The van der Waals surface area contributed by atoms with Crippen LogP contribution in [0.3, 0.4) is 0 Å². The van der Waals surface area contributed by atoms with Crippen LogP contribution in [0.25, 0.3) is 0 Å². The minimum absolute atomic E-state index is 0.00739. The Hall–Kier alpha value is -2.47. The predicted octanol–water partition coefficient (Wildman–Crippen LogP) is 5.18. The van der Waals surface area contributed by atoms with E-state index in [0.717, 1.165) is 16.0 Å². The van der Waals surface area contributed by atoms with Gasteiger partial charge < -0.3 is 9.80 Å². The lowest BCUT2D eigenvalue weighted by Crippen LogP contribution is -2.43. The van der Waals surface area contributed by atoms with Gasteiger partial charge in [-0.3, -0.25) is 9.59 Å². The largest absolute Gasteiger partial charge is 0.332 e. The second kappa shape index (κ2) is 10.5. The van der Waals surface area contributed by atoms with Crippen molar-refractivity contribution >= 4 is 23.2 Å². The molecular formula is C24H31FN2O2S. The zero-order valence-electron chi connectivity index (χ0n) is 18.3. The number of hydrogen-bond acceptors (Lipinski definition) is 3. The summed E-state index contributed by atoms with van der Waals surface area (Å²) in [6, 6.07) is 8.18. The number of carbonyl (C=O) groups excluding carboxylic acids is 2. The molecule has 1 aromatic heterocycles. The van der Waals surface area contributed by atoms with Crippen molar-refractivity contribution in [2.75, 3.05) is 13.1 Å². The maximum absolute atomic E-state index is 13.3. The van der Waals surface area contributed by atoms with E-state index in [1.807, 2.05) is 39.1 Å². The van der Waals surface area contributed by atoms with E-state index in [1.54, 1.807) is 39.3 Å². The summed E-state index contributed by atoms with van der Waals surface area (Å²) in [6.07, 6.45) is 2.00. The molecule has 1 aromatic carbocycles. The highest BCUT2D eigenvalue weighted by molar-refractivity contribution is 7.10. The quantitative estimate of drug-likeness (QED) is 0.515. The minimum Gasteiger partial charge on any atom is -0.332 e. The van der Waals surface area contributed by atoms with E-state index in [0.29, 0.717) is 26.1 Å². The van der Waals surface area contributed by atoms with Crippen LogP contribution in [0.1, 0.15) is 43.2 Å². The molecule has 4 nitrogen and oxygen atoms in total. The van der Waals surface area contributed by atoms with E-state index in [1.165, 1.54) is 12.1 Å². The van der Waals surface area contributed by atoms with Crippen LogP contribution in [-0.4, -0.2) is 34.7 Å². The number of halogens is 1. The van der Waals surface area contributed by atoms with E-state index in [4.69, 9.17) is 0 Å². The number of nitrogens with zero attached hydrogens (tertiary/aromatic N) is 2. The third-order valence-corrected chi connectivity index (χ3v) is 5.66. The van der Waals surface area contributed by atoms with Gasteiger partial charge in [0.15, 0.2) is 0 Å². The average Bonchev–Trinajstić information content (AvgIpc) is 3.05. The Labute approximate surface area is 183 Å². The van der Waals surface area contributed by atoms with Gasteiger partial charge in [0.05, 0.1) is 6.54 Å². The number of aryl methyl sites for hydroxylation is 1. The SMILES string of the molecule is C=CCN(CC(=O)N(Cc1ccc(F)cc1)Cc1sccc1C)C(=O)CC(C)(C)C. The van der Waals surface area contributed by atoms with Crippen molar-refractivity contribution in [3.05, 3.63) is 70.2 Å². The zero-order chi connectivity index (χ0) is 22.3. The van der Waals surface area contributed by atoms with E-state index in [2.05, 4.69) is 6.58 Å². The number of carbonyl (C=O) groups is 2. The van der Waals surface area contributed by atoms with Crippen molar-refractivity contribution in [3.8, 4) is 0 Å². The van der Waals surface area contributed by atoms with Crippen LogP contribution in [0.15, 0.2) is 48.4 Å². The van der Waals surface area contributed by atoms with Gasteiger partial charge in [-0.1, -0.05) is 39.0 Å². The lowest BCUT2D eigenvalue weighted by molar-refractivity contribution is -0.141. The molecule has 0 saturated heterocycles. The van der Waals surface area contributed by atoms with Gasteiger partial charge in [-0.25, -0.2) is 4.39 Å². The van der Waals surface area contributed by atoms with Crippen molar-refractivity contribution < 1.29 is 14.0 Å². The van der Waals surface area contributed by atoms with E-state index in [9.17, 15) is 14.0 Å². The van der Waals surface area contributed by atoms with Gasteiger partial charge in [0.1, 0.15) is 12.4 Å². The van der Waals surface area contributed by atoms with Crippen LogP contribution in [0.4, 0.5) is 4.39 Å². The zero-order valence-corrected chi connectivity index (χ0v) is 19.1. The molecular weight excluding hydrogens is 399 g/mol. The summed E-state index contributed by atoms with van der Waals surface area (Å²) < 4.78 is 13.3. The van der Waals surface area contributed by atoms with Crippen LogP contribution in [0, 0.1) is 18.2 Å². The second-order valence-electron chi connectivity index (χ2n) is 8.70. The number of thiophene rings is 1. The standard InChI is InChI=1S/C24H31FN2O2S/c1-6-12-26(22(28)14-24(3,4)5)17-23(29)27(16-21-18(2)11-13-30-21)15-19-7-9-20(25)10-8-19/h6-11,13H,1,12,14-17H2,2-5H3. The number of amides is 2. The summed E-state index contributed by atoms with van der Waals surface area (Å²) >= 11 is 1.60. The average molecular weight is 431 g/mol. The fraction of sp³-hybridized carbons (Fsp3) is 0.417. The first-order valence-corrected chi connectivity index (χ1v) is 10.9. The van der Waals surface area contributed by atoms with E-state index >= 15 is 0 Å². The summed E-state index contributed by atoms with van der Waals surface area (Å²) in [4.78, 5) is 30.4. The Kier molecular flexibility index (Phi) is 8.35. The van der Waals surface area contributed by atoms with Crippen molar-refractivity contribution in [2.24, 2.45) is 5.41 Å². The number of rotatable bonds is 9. The van der Waals surface area contributed by atoms with Gasteiger partial charge >= 0.3 is 0 Å². The summed E-state index contributed by atoms with van der Waals surface area (Å²) in [7, 11) is 0. The Morgan fingerprint density at radius 1 is 1.07 bits per heavy atom. The van der Waals surface area contributed by atoms with Gasteiger partial charge in [-0.05, 0) is 47.0 Å². The van der Waals surface area contributed by atoms with Crippen LogP contribution in [-0.2, 0) is 22.7 Å². The topological polar surface area (TPSA) is 40.6 Å². The van der Waals surface area contributed by atoms with Gasteiger partial charge in [0.2, 0.25) is 11.8 Å². The molecule has 2 rings (SSSR count). The van der Waals surface area contributed by atoms with E-state index in [-0.39, 0.29) is 29.6 Å². The van der Waals surface area contributed by atoms with Crippen LogP contribution in [0.2, 0.25) is 0 Å². The van der Waals surface area contributed by atoms with Gasteiger partial charge in [-0.2, -0.15) is 0 Å². The van der Waals surface area contributed by atoms with Gasteiger partial charge in [0, 0.05) is 24.4 Å². The highest BCUT2D eigenvalue weighted by Crippen LogP contribution is 2.22. The number of hydrogen-bond donors (Lipinski definition) is 0. The molecule has 2 amide bonds. The highest BCUT2D eigenvalue weighted by atomic mass is 32.1. The molecule has 30 heavy (non-hydrogen) atoms. The molecule has 0 fully saturated rings. The van der Waals surface area contributed by atoms with Gasteiger partial charge in [0.25, 0.3) is 0 Å². The summed E-state index contributed by atoms with van der Waals surface area (Å²) in [6.45, 7) is 12.9. The predicted molar refractivity (Wildman–Crippen MR) is 121 cm³/mol. The molecule has 0 aliphatic carbocycles. The molecule has 0 atom stereocenters. The molecule has 0 spiro atoms. The Bertz CT molecular complexity index is 868. The molecule has 0 bridgehead atoms. The maximum atomic E-state index is 13.3. The molecule has 2 aromatic rings. The first kappa shape index (κ1) is 23.8. The lowest BCUT2D eigenvalue weighted by atomic mass is 9.91. The third kappa shape index (κ3) is 7.41. The molecule has 0 saturated carbocycles. The Morgan fingerprint density at radius 2 is 1.73 bits per heavy atom. The van der Waals surface area contributed by atoms with Crippen molar-refractivity contribution in [1.82, 2.24) is 9.80 Å². The molecule has 0 N–H and O–H groups in total. The van der Waals surface area contributed by atoms with Crippen LogP contribution < -0.4 is 0 Å². The second-order valence-corrected chi connectivity index (χ2v) is 9.70. The highest BCUT2D eigenvalue weighted by Gasteiger charge is 2.25. The third-order valence-electron chi connectivity index (χ3n) is 4.65. The molecule has 0 unspecified atom stereocenters. The Balaban J connectivity index is 2.20. The van der Waals surface area contributed by atoms with Crippen LogP contribution >= 0.6 is 11.3 Å².